The predicted molar refractivity (Wildman–Crippen MR) is 65.5 cm³/mol. The summed E-state index contributed by atoms with van der Waals surface area (Å²) in [5.74, 6) is 0.701. The van der Waals surface area contributed by atoms with Crippen LogP contribution < -0.4 is 0 Å². The molecule has 2 saturated carbocycles. The lowest BCUT2D eigenvalue weighted by Crippen LogP contribution is -2.34. The van der Waals surface area contributed by atoms with Crippen LogP contribution in [0.2, 0.25) is 0 Å². The monoisotopic (exact) mass is 248 g/mol. The Morgan fingerprint density at radius 3 is 2.39 bits per heavy atom. The van der Waals surface area contributed by atoms with Gasteiger partial charge in [-0.05, 0) is 43.6 Å². The van der Waals surface area contributed by atoms with Gasteiger partial charge in [-0.15, -0.1) is 0 Å². The van der Waals surface area contributed by atoms with Crippen molar-refractivity contribution in [1.82, 2.24) is 9.88 Å². The minimum absolute atomic E-state index is 0.0462. The molecule has 3 rings (SSSR count). The van der Waals surface area contributed by atoms with Gasteiger partial charge in [0, 0.05) is 30.9 Å². The van der Waals surface area contributed by atoms with E-state index in [1.165, 1.54) is 37.9 Å². The number of amides is 1. The average Bonchev–Trinajstić information content (AvgIpc) is 3.22. The van der Waals surface area contributed by atoms with Crippen LogP contribution in [0.5, 0.6) is 0 Å². The molecule has 0 N–H and O–H groups in total. The van der Waals surface area contributed by atoms with E-state index >= 15 is 0 Å². The van der Waals surface area contributed by atoms with E-state index < -0.39 is 5.95 Å². The zero-order chi connectivity index (χ0) is 12.5. The first-order valence-corrected chi connectivity index (χ1v) is 6.63. The molecule has 0 spiro atoms. The highest BCUT2D eigenvalue weighted by atomic mass is 19.1. The molecule has 0 atom stereocenters. The molecule has 0 saturated heterocycles. The maximum Gasteiger partial charge on any atom is 0.254 e. The van der Waals surface area contributed by atoms with Crippen LogP contribution in [0.1, 0.15) is 36.0 Å². The van der Waals surface area contributed by atoms with Crippen LogP contribution >= 0.6 is 0 Å². The predicted octanol–water partition coefficient (Wildman–Crippen LogP) is 2.48. The Hall–Kier alpha value is -1.45. The summed E-state index contributed by atoms with van der Waals surface area (Å²) >= 11 is 0. The second kappa shape index (κ2) is 4.67. The van der Waals surface area contributed by atoms with E-state index in [-0.39, 0.29) is 5.91 Å². The molecule has 2 fully saturated rings. The smallest absolute Gasteiger partial charge is 0.254 e. The standard InChI is InChI=1S/C14H17FN2O/c15-13-7-12(5-6-16-13)14(18)17(8-10-1-2-10)9-11-3-4-11/h5-7,10-11H,1-4,8-9H2. The molecule has 1 amide bonds. The van der Waals surface area contributed by atoms with E-state index in [0.29, 0.717) is 17.4 Å². The Morgan fingerprint density at radius 1 is 1.28 bits per heavy atom. The molecular weight excluding hydrogens is 231 g/mol. The molecule has 4 heteroatoms. The Bertz CT molecular complexity index is 441. The van der Waals surface area contributed by atoms with Crippen LogP contribution in [-0.2, 0) is 0 Å². The molecule has 0 bridgehead atoms. The minimum atomic E-state index is -0.585. The molecule has 96 valence electrons. The number of halogens is 1. The van der Waals surface area contributed by atoms with Crippen molar-refractivity contribution in [3.8, 4) is 0 Å². The van der Waals surface area contributed by atoms with Crippen LogP contribution in [0.4, 0.5) is 4.39 Å². The molecular formula is C14H17FN2O. The summed E-state index contributed by atoms with van der Waals surface area (Å²) in [4.78, 5) is 17.8. The molecule has 3 nitrogen and oxygen atoms in total. The Balaban J connectivity index is 1.72. The van der Waals surface area contributed by atoms with Crippen LogP contribution in [0, 0.1) is 17.8 Å². The molecule has 0 unspecified atom stereocenters. The van der Waals surface area contributed by atoms with Gasteiger partial charge in [0.2, 0.25) is 5.95 Å². The maximum atomic E-state index is 13.1. The molecule has 2 aliphatic rings. The second-order valence-electron chi connectivity index (χ2n) is 5.46. The highest BCUT2D eigenvalue weighted by molar-refractivity contribution is 5.94. The van der Waals surface area contributed by atoms with Gasteiger partial charge in [0.25, 0.3) is 5.91 Å². The zero-order valence-electron chi connectivity index (χ0n) is 10.3. The minimum Gasteiger partial charge on any atom is -0.338 e. The van der Waals surface area contributed by atoms with Crippen molar-refractivity contribution < 1.29 is 9.18 Å². The first-order valence-electron chi connectivity index (χ1n) is 6.63. The maximum absolute atomic E-state index is 13.1. The lowest BCUT2D eigenvalue weighted by atomic mass is 10.2. The molecule has 0 radical (unpaired) electrons. The summed E-state index contributed by atoms with van der Waals surface area (Å²) in [7, 11) is 0. The van der Waals surface area contributed by atoms with Gasteiger partial charge in [-0.2, -0.15) is 4.39 Å². The SMILES string of the molecule is O=C(c1ccnc(F)c1)N(CC1CC1)CC1CC1. The third-order valence-electron chi connectivity index (χ3n) is 3.61. The van der Waals surface area contributed by atoms with Crippen LogP contribution in [0.3, 0.4) is 0 Å². The molecule has 1 aromatic heterocycles. The van der Waals surface area contributed by atoms with Gasteiger partial charge < -0.3 is 4.90 Å². The molecule has 18 heavy (non-hydrogen) atoms. The highest BCUT2D eigenvalue weighted by Crippen LogP contribution is 2.34. The summed E-state index contributed by atoms with van der Waals surface area (Å²) in [5.41, 5.74) is 0.420. The Labute approximate surface area is 106 Å². The molecule has 2 aliphatic carbocycles. The van der Waals surface area contributed by atoms with Crippen molar-refractivity contribution in [2.24, 2.45) is 11.8 Å². The van der Waals surface area contributed by atoms with E-state index in [1.807, 2.05) is 4.90 Å². The van der Waals surface area contributed by atoms with E-state index in [1.54, 1.807) is 6.07 Å². The Kier molecular flexibility index (Phi) is 3.02. The van der Waals surface area contributed by atoms with Gasteiger partial charge in [-0.25, -0.2) is 4.98 Å². The van der Waals surface area contributed by atoms with Gasteiger partial charge in [0.1, 0.15) is 0 Å². The molecule has 0 aliphatic heterocycles. The van der Waals surface area contributed by atoms with Crippen molar-refractivity contribution in [2.75, 3.05) is 13.1 Å². The van der Waals surface area contributed by atoms with Gasteiger partial charge in [-0.3, -0.25) is 4.79 Å². The van der Waals surface area contributed by atoms with E-state index in [4.69, 9.17) is 0 Å². The number of hydrogen-bond donors (Lipinski definition) is 0. The van der Waals surface area contributed by atoms with Crippen molar-refractivity contribution >= 4 is 5.91 Å². The van der Waals surface area contributed by atoms with E-state index in [9.17, 15) is 9.18 Å². The third-order valence-corrected chi connectivity index (χ3v) is 3.61. The van der Waals surface area contributed by atoms with Crippen molar-refractivity contribution in [1.29, 1.82) is 0 Å². The first kappa shape index (κ1) is 11.6. The van der Waals surface area contributed by atoms with Crippen molar-refractivity contribution in [3.05, 3.63) is 29.8 Å². The fraction of sp³-hybridized carbons (Fsp3) is 0.571. The lowest BCUT2D eigenvalue weighted by molar-refractivity contribution is 0.0739. The largest absolute Gasteiger partial charge is 0.338 e. The normalized spacial score (nSPS) is 18.7. The number of aromatic nitrogens is 1. The topological polar surface area (TPSA) is 33.2 Å². The fourth-order valence-electron chi connectivity index (χ4n) is 2.18. The van der Waals surface area contributed by atoms with Crippen molar-refractivity contribution in [2.45, 2.75) is 25.7 Å². The number of carbonyl (C=O) groups is 1. The lowest BCUT2D eigenvalue weighted by Gasteiger charge is -2.22. The number of carbonyl (C=O) groups excluding carboxylic acids is 1. The van der Waals surface area contributed by atoms with Gasteiger partial charge >= 0.3 is 0 Å². The van der Waals surface area contributed by atoms with E-state index in [2.05, 4.69) is 4.98 Å². The van der Waals surface area contributed by atoms with Crippen LogP contribution in [0.15, 0.2) is 18.3 Å². The van der Waals surface area contributed by atoms with Crippen LogP contribution in [-0.4, -0.2) is 28.9 Å². The Morgan fingerprint density at radius 2 is 1.89 bits per heavy atom. The number of hydrogen-bond acceptors (Lipinski definition) is 2. The quantitative estimate of drug-likeness (QED) is 0.750. The summed E-state index contributed by atoms with van der Waals surface area (Å²) in [6.45, 7) is 1.67. The number of nitrogens with zero attached hydrogens (tertiary/aromatic N) is 2. The zero-order valence-corrected chi connectivity index (χ0v) is 10.3. The molecule has 1 heterocycles. The fourth-order valence-corrected chi connectivity index (χ4v) is 2.18. The highest BCUT2D eigenvalue weighted by Gasteiger charge is 2.31. The molecule has 1 aromatic rings. The summed E-state index contributed by atoms with van der Waals surface area (Å²) in [6.07, 6.45) is 6.24. The number of pyridine rings is 1. The number of rotatable bonds is 5. The van der Waals surface area contributed by atoms with Crippen molar-refractivity contribution in [3.63, 3.8) is 0 Å². The molecule has 0 aromatic carbocycles. The average molecular weight is 248 g/mol. The van der Waals surface area contributed by atoms with E-state index in [0.717, 1.165) is 13.1 Å². The first-order chi connectivity index (χ1) is 8.72. The second-order valence-corrected chi connectivity index (χ2v) is 5.46. The summed E-state index contributed by atoms with van der Waals surface area (Å²) in [6, 6.07) is 2.83. The summed E-state index contributed by atoms with van der Waals surface area (Å²) < 4.78 is 13.1. The van der Waals surface area contributed by atoms with Crippen LogP contribution in [0.25, 0.3) is 0 Å². The van der Waals surface area contributed by atoms with Gasteiger partial charge in [0.15, 0.2) is 0 Å². The third kappa shape index (κ3) is 2.86. The van der Waals surface area contributed by atoms with Gasteiger partial charge in [-0.1, -0.05) is 0 Å². The van der Waals surface area contributed by atoms with Gasteiger partial charge in [0.05, 0.1) is 0 Å². The summed E-state index contributed by atoms with van der Waals surface area (Å²) in [5, 5.41) is 0.